The Morgan fingerprint density at radius 1 is 1.31 bits per heavy atom. The van der Waals surface area contributed by atoms with Crippen molar-refractivity contribution in [2.75, 3.05) is 5.73 Å². The number of aryl methyl sites for hydroxylation is 1. The molecule has 0 aliphatic carbocycles. The molecule has 1 rings (SSSR count). The summed E-state index contributed by atoms with van der Waals surface area (Å²) in [5.74, 6) is 0.325. The lowest BCUT2D eigenvalue weighted by Crippen LogP contribution is -2.36. The van der Waals surface area contributed by atoms with Gasteiger partial charge in [-0.15, -0.1) is 0 Å². The van der Waals surface area contributed by atoms with Gasteiger partial charge in [0.25, 0.3) is 5.91 Å². The van der Waals surface area contributed by atoms with E-state index in [1.807, 2.05) is 26.0 Å². The number of carbonyl (C=O) groups is 1. The fourth-order valence-corrected chi connectivity index (χ4v) is 1.45. The summed E-state index contributed by atoms with van der Waals surface area (Å²) in [6, 6.07) is 5.65. The number of nitrogens with one attached hydrogen (secondary N) is 1. The third kappa shape index (κ3) is 2.75. The molecule has 88 valence electrons. The molecule has 0 aromatic heterocycles. The maximum Gasteiger partial charge on any atom is 0.253 e. The van der Waals surface area contributed by atoms with Crippen LogP contribution in [0.5, 0.6) is 0 Å². The first kappa shape index (κ1) is 12.6. The quantitative estimate of drug-likeness (QED) is 0.768. The number of anilines is 1. The molecule has 0 radical (unpaired) electrons. The van der Waals surface area contributed by atoms with Crippen LogP contribution in [0.1, 0.15) is 36.7 Å². The lowest BCUT2D eigenvalue weighted by molar-refractivity contribution is 0.0931. The highest BCUT2D eigenvalue weighted by molar-refractivity contribution is 6.00. The zero-order chi connectivity index (χ0) is 12.3. The van der Waals surface area contributed by atoms with Gasteiger partial charge in [0.05, 0.1) is 5.56 Å². The molecule has 1 atom stereocenters. The molecule has 0 heterocycles. The Labute approximate surface area is 97.0 Å². The van der Waals surface area contributed by atoms with Crippen molar-refractivity contribution >= 4 is 11.6 Å². The van der Waals surface area contributed by atoms with Gasteiger partial charge in [-0.1, -0.05) is 26.0 Å². The summed E-state index contributed by atoms with van der Waals surface area (Å²) in [7, 11) is 0. The highest BCUT2D eigenvalue weighted by Crippen LogP contribution is 2.16. The molecule has 0 saturated carbocycles. The molecular formula is C13H20N2O. The summed E-state index contributed by atoms with van der Waals surface area (Å²) < 4.78 is 0. The third-order valence-corrected chi connectivity index (χ3v) is 2.89. The molecule has 1 aromatic carbocycles. The van der Waals surface area contributed by atoms with Gasteiger partial charge in [-0.3, -0.25) is 4.79 Å². The van der Waals surface area contributed by atoms with Crippen LogP contribution in [0.3, 0.4) is 0 Å². The summed E-state index contributed by atoms with van der Waals surface area (Å²) in [6.07, 6.45) is 0. The van der Waals surface area contributed by atoms with Crippen molar-refractivity contribution in [2.45, 2.75) is 33.7 Å². The number of nitrogens with two attached hydrogens (primary N) is 1. The van der Waals surface area contributed by atoms with E-state index in [0.717, 1.165) is 5.56 Å². The highest BCUT2D eigenvalue weighted by Gasteiger charge is 2.16. The molecule has 0 aliphatic heterocycles. The monoisotopic (exact) mass is 220 g/mol. The van der Waals surface area contributed by atoms with Crippen LogP contribution in [-0.4, -0.2) is 11.9 Å². The summed E-state index contributed by atoms with van der Waals surface area (Å²) >= 11 is 0. The Morgan fingerprint density at radius 3 is 2.44 bits per heavy atom. The van der Waals surface area contributed by atoms with Gasteiger partial charge in [0.2, 0.25) is 0 Å². The molecule has 0 spiro atoms. The first-order valence-corrected chi connectivity index (χ1v) is 5.59. The minimum atomic E-state index is -0.0863. The van der Waals surface area contributed by atoms with Gasteiger partial charge >= 0.3 is 0 Å². The van der Waals surface area contributed by atoms with Crippen molar-refractivity contribution in [1.29, 1.82) is 0 Å². The maximum atomic E-state index is 12.0. The van der Waals surface area contributed by atoms with Crippen molar-refractivity contribution in [3.8, 4) is 0 Å². The van der Waals surface area contributed by atoms with Crippen LogP contribution in [0.15, 0.2) is 18.2 Å². The Balaban J connectivity index is 2.89. The van der Waals surface area contributed by atoms with Gasteiger partial charge in [-0.05, 0) is 31.4 Å². The summed E-state index contributed by atoms with van der Waals surface area (Å²) in [6.45, 7) is 8.04. The second-order valence-electron chi connectivity index (χ2n) is 4.55. The molecule has 1 aromatic rings. The maximum absolute atomic E-state index is 12.0. The number of nitrogen functional groups attached to an aromatic ring is 1. The molecule has 1 amide bonds. The van der Waals surface area contributed by atoms with Crippen LogP contribution in [0.2, 0.25) is 0 Å². The number of hydrogen-bond acceptors (Lipinski definition) is 2. The second kappa shape index (κ2) is 5.01. The van der Waals surface area contributed by atoms with E-state index in [9.17, 15) is 4.79 Å². The lowest BCUT2D eigenvalue weighted by Gasteiger charge is -2.18. The van der Waals surface area contributed by atoms with Gasteiger partial charge in [-0.2, -0.15) is 0 Å². The van der Waals surface area contributed by atoms with Crippen molar-refractivity contribution in [3.63, 3.8) is 0 Å². The lowest BCUT2D eigenvalue weighted by atomic mass is 10.0. The van der Waals surface area contributed by atoms with Gasteiger partial charge in [-0.25, -0.2) is 0 Å². The van der Waals surface area contributed by atoms with E-state index in [2.05, 4.69) is 19.2 Å². The average molecular weight is 220 g/mol. The Bertz CT molecular complexity index is 365. The molecule has 0 fully saturated rings. The first-order chi connectivity index (χ1) is 7.43. The zero-order valence-electron chi connectivity index (χ0n) is 10.4. The first-order valence-electron chi connectivity index (χ1n) is 5.59. The number of benzene rings is 1. The van der Waals surface area contributed by atoms with E-state index >= 15 is 0 Å². The van der Waals surface area contributed by atoms with Crippen molar-refractivity contribution < 1.29 is 4.79 Å². The minimum absolute atomic E-state index is 0.0863. The second-order valence-corrected chi connectivity index (χ2v) is 4.55. The molecule has 0 saturated heterocycles. The molecule has 0 aliphatic rings. The van der Waals surface area contributed by atoms with Gasteiger partial charge in [0.15, 0.2) is 0 Å². The Kier molecular flexibility index (Phi) is 3.93. The molecule has 3 nitrogen and oxygen atoms in total. The van der Waals surface area contributed by atoms with Crippen LogP contribution in [0.25, 0.3) is 0 Å². The fraction of sp³-hybridized carbons (Fsp3) is 0.462. The largest absolute Gasteiger partial charge is 0.398 e. The molecule has 0 bridgehead atoms. The fourth-order valence-electron chi connectivity index (χ4n) is 1.45. The van der Waals surface area contributed by atoms with Gasteiger partial charge in [0, 0.05) is 11.7 Å². The average Bonchev–Trinajstić information content (AvgIpc) is 2.16. The summed E-state index contributed by atoms with van der Waals surface area (Å²) in [5.41, 5.74) is 7.85. The highest BCUT2D eigenvalue weighted by atomic mass is 16.1. The molecule has 16 heavy (non-hydrogen) atoms. The molecule has 3 heteroatoms. The number of amides is 1. The predicted molar refractivity (Wildman–Crippen MR) is 67.4 cm³/mol. The van der Waals surface area contributed by atoms with Gasteiger partial charge in [0.1, 0.15) is 0 Å². The number of carbonyl (C=O) groups excluding carboxylic acids is 1. The number of hydrogen-bond donors (Lipinski definition) is 2. The smallest absolute Gasteiger partial charge is 0.253 e. The van der Waals surface area contributed by atoms with E-state index in [1.165, 1.54) is 0 Å². The van der Waals surface area contributed by atoms with E-state index in [4.69, 9.17) is 5.73 Å². The zero-order valence-corrected chi connectivity index (χ0v) is 10.4. The topological polar surface area (TPSA) is 55.1 Å². The van der Waals surface area contributed by atoms with Crippen LogP contribution in [0.4, 0.5) is 5.69 Å². The Hall–Kier alpha value is -1.51. The van der Waals surface area contributed by atoms with E-state index in [1.54, 1.807) is 6.07 Å². The minimum Gasteiger partial charge on any atom is -0.398 e. The van der Waals surface area contributed by atoms with Crippen molar-refractivity contribution in [1.82, 2.24) is 5.32 Å². The van der Waals surface area contributed by atoms with E-state index < -0.39 is 0 Å². The predicted octanol–water partition coefficient (Wildman–Crippen LogP) is 2.35. The molecular weight excluding hydrogens is 200 g/mol. The van der Waals surface area contributed by atoms with Crippen LogP contribution in [-0.2, 0) is 0 Å². The van der Waals surface area contributed by atoms with Crippen LogP contribution >= 0.6 is 0 Å². The van der Waals surface area contributed by atoms with Crippen LogP contribution in [0, 0.1) is 12.8 Å². The third-order valence-electron chi connectivity index (χ3n) is 2.89. The Morgan fingerprint density at radius 2 is 1.94 bits per heavy atom. The molecule has 1 unspecified atom stereocenters. The van der Waals surface area contributed by atoms with Crippen LogP contribution < -0.4 is 11.1 Å². The normalized spacial score (nSPS) is 12.6. The van der Waals surface area contributed by atoms with Crippen molar-refractivity contribution in [3.05, 3.63) is 29.3 Å². The number of rotatable bonds is 3. The van der Waals surface area contributed by atoms with E-state index in [-0.39, 0.29) is 11.9 Å². The standard InChI is InChI=1S/C13H20N2O/c1-8(2)10(4)15-13(16)12-9(3)6-5-7-11(12)14/h5-8,10H,14H2,1-4H3,(H,15,16). The van der Waals surface area contributed by atoms with Crippen molar-refractivity contribution in [2.24, 2.45) is 5.92 Å². The SMILES string of the molecule is Cc1cccc(N)c1C(=O)NC(C)C(C)C. The van der Waals surface area contributed by atoms with E-state index in [0.29, 0.717) is 17.2 Å². The summed E-state index contributed by atoms with van der Waals surface area (Å²) in [4.78, 5) is 12.0. The van der Waals surface area contributed by atoms with Gasteiger partial charge < -0.3 is 11.1 Å². The summed E-state index contributed by atoms with van der Waals surface area (Å²) in [5, 5.41) is 2.96. The molecule has 3 N–H and O–H groups in total.